The van der Waals surface area contributed by atoms with Gasteiger partial charge in [0, 0.05) is 22.2 Å². The Kier molecular flexibility index (Phi) is 7.17. The number of benzene rings is 3. The minimum Gasteiger partial charge on any atom is -0.320 e. The molecular formula is C24H20BrN3O4. The van der Waals surface area contributed by atoms with E-state index < -0.39 is 16.7 Å². The summed E-state index contributed by atoms with van der Waals surface area (Å²) in [5.74, 6) is -1.05. The normalized spacial score (nSPS) is 11.0. The molecule has 0 saturated heterocycles. The Labute approximate surface area is 193 Å². The lowest BCUT2D eigenvalue weighted by Crippen LogP contribution is -2.31. The molecule has 0 spiro atoms. The second-order valence-electron chi connectivity index (χ2n) is 7.14. The predicted octanol–water partition coefficient (Wildman–Crippen LogP) is 5.38. The van der Waals surface area contributed by atoms with E-state index >= 15 is 0 Å². The van der Waals surface area contributed by atoms with Crippen molar-refractivity contribution in [3.63, 3.8) is 0 Å². The fourth-order valence-corrected chi connectivity index (χ4v) is 3.10. The zero-order chi connectivity index (χ0) is 23.3. The minimum absolute atomic E-state index is 0.00352. The molecule has 0 unspecified atom stereocenters. The first-order valence-electron chi connectivity index (χ1n) is 9.64. The van der Waals surface area contributed by atoms with Crippen molar-refractivity contribution < 1.29 is 14.5 Å². The van der Waals surface area contributed by atoms with Crippen LogP contribution >= 0.6 is 15.9 Å². The van der Waals surface area contributed by atoms with E-state index in [2.05, 4.69) is 26.6 Å². The summed E-state index contributed by atoms with van der Waals surface area (Å²) in [5.41, 5.74) is 2.89. The molecule has 0 heterocycles. The Bertz CT molecular complexity index is 1200. The number of hydrogen-bond donors (Lipinski definition) is 2. The maximum Gasteiger partial charge on any atom is 0.272 e. The quantitative estimate of drug-likeness (QED) is 0.273. The summed E-state index contributed by atoms with van der Waals surface area (Å²) in [4.78, 5) is 36.4. The summed E-state index contributed by atoms with van der Waals surface area (Å²) in [6, 6.07) is 18.4. The molecule has 0 fully saturated rings. The third-order valence-corrected chi connectivity index (χ3v) is 5.20. The van der Waals surface area contributed by atoms with Crippen LogP contribution in [-0.2, 0) is 4.79 Å². The minimum atomic E-state index is -0.600. The van der Waals surface area contributed by atoms with E-state index in [1.807, 2.05) is 19.1 Å². The molecule has 0 aliphatic rings. The Morgan fingerprint density at radius 3 is 2.25 bits per heavy atom. The third kappa shape index (κ3) is 5.89. The van der Waals surface area contributed by atoms with Crippen LogP contribution in [0.4, 0.5) is 11.4 Å². The van der Waals surface area contributed by atoms with Gasteiger partial charge >= 0.3 is 0 Å². The average molecular weight is 494 g/mol. The number of carbonyl (C=O) groups excluding carboxylic acids is 2. The Balaban J connectivity index is 1.92. The number of rotatable bonds is 6. The number of aryl methyl sites for hydroxylation is 2. The van der Waals surface area contributed by atoms with E-state index in [1.165, 1.54) is 12.1 Å². The van der Waals surface area contributed by atoms with Crippen molar-refractivity contribution in [3.05, 3.63) is 109 Å². The van der Waals surface area contributed by atoms with Crippen molar-refractivity contribution in [2.45, 2.75) is 13.8 Å². The van der Waals surface area contributed by atoms with Gasteiger partial charge in [-0.05, 0) is 55.3 Å². The molecule has 2 amide bonds. The van der Waals surface area contributed by atoms with Crippen molar-refractivity contribution in [1.82, 2.24) is 5.32 Å². The number of nitro groups is 1. The molecule has 0 bridgehead atoms. The number of hydrogen-bond acceptors (Lipinski definition) is 4. The van der Waals surface area contributed by atoms with Crippen LogP contribution in [0.1, 0.15) is 27.0 Å². The van der Waals surface area contributed by atoms with E-state index in [1.54, 1.807) is 55.5 Å². The molecule has 162 valence electrons. The number of halogens is 1. The summed E-state index contributed by atoms with van der Waals surface area (Å²) in [6.07, 6.45) is 1.54. The van der Waals surface area contributed by atoms with Crippen molar-refractivity contribution in [3.8, 4) is 0 Å². The highest BCUT2D eigenvalue weighted by molar-refractivity contribution is 9.10. The Hall–Kier alpha value is -3.78. The highest BCUT2D eigenvalue weighted by atomic mass is 79.9. The van der Waals surface area contributed by atoms with Crippen LogP contribution in [0.5, 0.6) is 0 Å². The zero-order valence-electron chi connectivity index (χ0n) is 17.4. The monoisotopic (exact) mass is 493 g/mol. The lowest BCUT2D eigenvalue weighted by Gasteiger charge is -2.13. The van der Waals surface area contributed by atoms with Gasteiger partial charge in [-0.25, -0.2) is 0 Å². The average Bonchev–Trinajstić information content (AvgIpc) is 2.76. The predicted molar refractivity (Wildman–Crippen MR) is 127 cm³/mol. The van der Waals surface area contributed by atoms with Crippen LogP contribution in [0, 0.1) is 24.0 Å². The third-order valence-electron chi connectivity index (χ3n) is 4.67. The van der Waals surface area contributed by atoms with Crippen molar-refractivity contribution in [2.75, 3.05) is 5.32 Å². The summed E-state index contributed by atoms with van der Waals surface area (Å²) in [5, 5.41) is 16.4. The number of carbonyl (C=O) groups is 2. The topological polar surface area (TPSA) is 101 Å². The van der Waals surface area contributed by atoms with Gasteiger partial charge in [0.1, 0.15) is 5.70 Å². The van der Waals surface area contributed by atoms with E-state index in [-0.39, 0.29) is 17.1 Å². The summed E-state index contributed by atoms with van der Waals surface area (Å²) >= 11 is 3.36. The van der Waals surface area contributed by atoms with Gasteiger partial charge < -0.3 is 10.6 Å². The Morgan fingerprint density at radius 2 is 1.62 bits per heavy atom. The van der Waals surface area contributed by atoms with Gasteiger partial charge in [0.25, 0.3) is 17.5 Å². The number of amides is 2. The lowest BCUT2D eigenvalue weighted by atomic mass is 10.1. The fraction of sp³-hybridized carbons (Fsp3) is 0.0833. The molecule has 0 aliphatic carbocycles. The van der Waals surface area contributed by atoms with Crippen LogP contribution in [0.15, 0.2) is 76.9 Å². The standard InChI is InChI=1S/C24H20BrN3O4/c1-15-3-8-18(9-4-15)23(29)27-22(13-17-6-10-19(25)11-7-17)24(30)26-21-14-20(28(31)32)12-5-16(21)2/h3-14H,1-2H3,(H,26,30)(H,27,29). The summed E-state index contributed by atoms with van der Waals surface area (Å²) < 4.78 is 0.872. The molecule has 0 saturated carbocycles. The van der Waals surface area contributed by atoms with Gasteiger partial charge in [-0.15, -0.1) is 0 Å². The number of non-ortho nitro benzene ring substituents is 1. The van der Waals surface area contributed by atoms with Crippen LogP contribution in [0.2, 0.25) is 0 Å². The number of nitrogens with one attached hydrogen (secondary N) is 2. The molecule has 0 radical (unpaired) electrons. The summed E-state index contributed by atoms with van der Waals surface area (Å²) in [7, 11) is 0. The first kappa shape index (κ1) is 22.9. The molecule has 3 rings (SSSR count). The molecule has 2 N–H and O–H groups in total. The summed E-state index contributed by atoms with van der Waals surface area (Å²) in [6.45, 7) is 3.64. The largest absolute Gasteiger partial charge is 0.320 e. The van der Waals surface area contributed by atoms with Gasteiger partial charge in [0.15, 0.2) is 0 Å². The van der Waals surface area contributed by atoms with Gasteiger partial charge in [-0.3, -0.25) is 19.7 Å². The molecule has 8 heteroatoms. The maximum atomic E-state index is 13.1. The van der Waals surface area contributed by atoms with Crippen LogP contribution in [-0.4, -0.2) is 16.7 Å². The molecular weight excluding hydrogens is 474 g/mol. The molecule has 3 aromatic carbocycles. The van der Waals surface area contributed by atoms with Crippen LogP contribution in [0.25, 0.3) is 6.08 Å². The van der Waals surface area contributed by atoms with E-state index in [0.29, 0.717) is 16.7 Å². The fourth-order valence-electron chi connectivity index (χ4n) is 2.83. The first-order valence-corrected chi connectivity index (χ1v) is 10.4. The van der Waals surface area contributed by atoms with Crippen molar-refractivity contribution >= 4 is 45.2 Å². The van der Waals surface area contributed by atoms with Crippen LogP contribution < -0.4 is 10.6 Å². The molecule has 3 aromatic rings. The Morgan fingerprint density at radius 1 is 0.969 bits per heavy atom. The maximum absolute atomic E-state index is 13.1. The number of nitro benzene ring substituents is 1. The smallest absolute Gasteiger partial charge is 0.272 e. The molecule has 0 aliphatic heterocycles. The second kappa shape index (κ2) is 10.0. The van der Waals surface area contributed by atoms with E-state index in [4.69, 9.17) is 0 Å². The van der Waals surface area contributed by atoms with Gasteiger partial charge in [-0.2, -0.15) is 0 Å². The number of anilines is 1. The SMILES string of the molecule is Cc1ccc(C(=O)NC(=Cc2ccc(Br)cc2)C(=O)Nc2cc([N+](=O)[O-])ccc2C)cc1. The molecule has 32 heavy (non-hydrogen) atoms. The van der Waals surface area contributed by atoms with Crippen molar-refractivity contribution in [1.29, 1.82) is 0 Å². The molecule has 0 aromatic heterocycles. The van der Waals surface area contributed by atoms with Gasteiger partial charge in [0.2, 0.25) is 0 Å². The second-order valence-corrected chi connectivity index (χ2v) is 8.06. The van der Waals surface area contributed by atoms with E-state index in [0.717, 1.165) is 10.0 Å². The molecule has 7 nitrogen and oxygen atoms in total. The molecule has 0 atom stereocenters. The highest BCUT2D eigenvalue weighted by Gasteiger charge is 2.17. The van der Waals surface area contributed by atoms with Crippen LogP contribution in [0.3, 0.4) is 0 Å². The number of nitrogens with zero attached hydrogens (tertiary/aromatic N) is 1. The van der Waals surface area contributed by atoms with Crippen molar-refractivity contribution in [2.24, 2.45) is 0 Å². The van der Waals surface area contributed by atoms with Gasteiger partial charge in [-0.1, -0.05) is 51.8 Å². The highest BCUT2D eigenvalue weighted by Crippen LogP contribution is 2.22. The first-order chi connectivity index (χ1) is 15.2. The zero-order valence-corrected chi connectivity index (χ0v) is 19.0. The lowest BCUT2D eigenvalue weighted by molar-refractivity contribution is -0.384. The van der Waals surface area contributed by atoms with E-state index in [9.17, 15) is 19.7 Å². The van der Waals surface area contributed by atoms with Gasteiger partial charge in [0.05, 0.1) is 10.6 Å².